The van der Waals surface area contributed by atoms with E-state index in [1.165, 1.54) is 22.4 Å². The topological polar surface area (TPSA) is 63.1 Å². The zero-order chi connectivity index (χ0) is 20.9. The summed E-state index contributed by atoms with van der Waals surface area (Å²) in [4.78, 5) is 15.0. The summed E-state index contributed by atoms with van der Waals surface area (Å²) in [7, 11) is 0. The number of halogens is 2. The molecule has 1 aromatic heterocycles. The molecule has 1 amide bonds. The number of benzene rings is 2. The van der Waals surface area contributed by atoms with Crippen LogP contribution in [0.25, 0.3) is 0 Å². The van der Waals surface area contributed by atoms with Crippen molar-refractivity contribution in [1.82, 2.24) is 25.2 Å². The van der Waals surface area contributed by atoms with Gasteiger partial charge in [0.1, 0.15) is 5.82 Å². The van der Waals surface area contributed by atoms with Gasteiger partial charge < -0.3 is 5.32 Å². The maximum absolute atomic E-state index is 13.2. The van der Waals surface area contributed by atoms with Gasteiger partial charge in [-0.05, 0) is 36.1 Å². The van der Waals surface area contributed by atoms with Crippen molar-refractivity contribution >= 4 is 17.5 Å². The first-order chi connectivity index (χ1) is 14.6. The van der Waals surface area contributed by atoms with Gasteiger partial charge in [0.05, 0.1) is 12.7 Å². The van der Waals surface area contributed by atoms with E-state index in [9.17, 15) is 9.18 Å². The van der Waals surface area contributed by atoms with E-state index in [1.54, 1.807) is 12.3 Å². The summed E-state index contributed by atoms with van der Waals surface area (Å²) in [5.41, 5.74) is 2.28. The van der Waals surface area contributed by atoms with Gasteiger partial charge in [-0.3, -0.25) is 9.69 Å². The Morgan fingerprint density at radius 1 is 1.13 bits per heavy atom. The molecule has 1 saturated heterocycles. The number of carbonyl (C=O) groups excluding carboxylic acids is 1. The van der Waals surface area contributed by atoms with Gasteiger partial charge in [-0.15, -0.1) is 5.10 Å². The molecule has 1 fully saturated rings. The molecule has 0 bridgehead atoms. The van der Waals surface area contributed by atoms with Crippen molar-refractivity contribution in [2.24, 2.45) is 0 Å². The van der Waals surface area contributed by atoms with E-state index in [0.717, 1.165) is 32.5 Å². The Kier molecular flexibility index (Phi) is 6.40. The maximum Gasteiger partial charge on any atom is 0.273 e. The van der Waals surface area contributed by atoms with Crippen molar-refractivity contribution in [2.75, 3.05) is 13.1 Å². The van der Waals surface area contributed by atoms with Crippen LogP contribution in [0.15, 0.2) is 54.7 Å². The lowest BCUT2D eigenvalue weighted by Gasteiger charge is -2.32. The second-order valence-corrected chi connectivity index (χ2v) is 7.95. The van der Waals surface area contributed by atoms with E-state index in [2.05, 4.69) is 44.8 Å². The highest BCUT2D eigenvalue weighted by Gasteiger charge is 2.22. The molecule has 6 nitrogen and oxygen atoms in total. The third kappa shape index (κ3) is 5.23. The molecule has 8 heteroatoms. The van der Waals surface area contributed by atoms with Gasteiger partial charge >= 0.3 is 0 Å². The SMILES string of the molecule is O=C(NC1CCN(Cc2ccccc2)CC1)c1cn(Cc2ccc(F)cc2Cl)nn1. The van der Waals surface area contributed by atoms with E-state index in [-0.39, 0.29) is 17.6 Å². The molecule has 0 radical (unpaired) electrons. The second kappa shape index (κ2) is 9.36. The molecule has 2 aromatic carbocycles. The number of amides is 1. The maximum atomic E-state index is 13.2. The normalized spacial score (nSPS) is 15.3. The Morgan fingerprint density at radius 3 is 2.63 bits per heavy atom. The first-order valence-electron chi connectivity index (χ1n) is 9.98. The first-order valence-corrected chi connectivity index (χ1v) is 10.4. The fourth-order valence-electron chi connectivity index (χ4n) is 3.64. The van der Waals surface area contributed by atoms with Crippen molar-refractivity contribution in [3.63, 3.8) is 0 Å². The third-order valence-corrected chi connectivity index (χ3v) is 5.64. The van der Waals surface area contributed by atoms with Crippen molar-refractivity contribution in [2.45, 2.75) is 32.0 Å². The summed E-state index contributed by atoms with van der Waals surface area (Å²) in [6.45, 7) is 3.13. The standard InChI is InChI=1S/C22H23ClFN5O/c23-20-12-18(24)7-6-17(20)14-29-15-21(26-27-29)22(30)25-19-8-10-28(11-9-19)13-16-4-2-1-3-5-16/h1-7,12,15,19H,8-11,13-14H2,(H,25,30). The predicted octanol–water partition coefficient (Wildman–Crippen LogP) is 3.51. The van der Waals surface area contributed by atoms with E-state index in [4.69, 9.17) is 11.6 Å². The number of hydrogen-bond acceptors (Lipinski definition) is 4. The number of aromatic nitrogens is 3. The number of likely N-dealkylation sites (tertiary alicyclic amines) is 1. The van der Waals surface area contributed by atoms with Gasteiger partial charge in [-0.2, -0.15) is 0 Å². The van der Waals surface area contributed by atoms with E-state index in [0.29, 0.717) is 17.1 Å². The summed E-state index contributed by atoms with van der Waals surface area (Å²) in [6.07, 6.45) is 3.38. The van der Waals surface area contributed by atoms with Crippen LogP contribution >= 0.6 is 11.6 Å². The minimum atomic E-state index is -0.391. The number of carbonyl (C=O) groups is 1. The Morgan fingerprint density at radius 2 is 1.90 bits per heavy atom. The number of piperidine rings is 1. The lowest BCUT2D eigenvalue weighted by Crippen LogP contribution is -2.44. The van der Waals surface area contributed by atoms with Crippen LogP contribution in [0.1, 0.15) is 34.5 Å². The van der Waals surface area contributed by atoms with Gasteiger partial charge in [-0.25, -0.2) is 9.07 Å². The average Bonchev–Trinajstić information content (AvgIpc) is 3.21. The molecule has 30 heavy (non-hydrogen) atoms. The van der Waals surface area contributed by atoms with Crippen molar-refractivity contribution in [3.8, 4) is 0 Å². The summed E-state index contributed by atoms with van der Waals surface area (Å²) in [6, 6.07) is 14.7. The summed E-state index contributed by atoms with van der Waals surface area (Å²) in [5, 5.41) is 11.3. The van der Waals surface area contributed by atoms with Gasteiger partial charge in [-0.1, -0.05) is 53.2 Å². The van der Waals surface area contributed by atoms with E-state index in [1.807, 2.05) is 6.07 Å². The van der Waals surface area contributed by atoms with E-state index < -0.39 is 5.82 Å². The molecule has 1 aliphatic heterocycles. The Balaban J connectivity index is 1.27. The first kappa shape index (κ1) is 20.5. The average molecular weight is 428 g/mol. The highest BCUT2D eigenvalue weighted by Crippen LogP contribution is 2.18. The summed E-state index contributed by atoms with van der Waals surface area (Å²) >= 11 is 6.06. The molecule has 2 heterocycles. The third-order valence-electron chi connectivity index (χ3n) is 5.29. The smallest absolute Gasteiger partial charge is 0.273 e. The van der Waals surface area contributed by atoms with Crippen LogP contribution in [-0.2, 0) is 13.1 Å². The number of nitrogens with zero attached hydrogens (tertiary/aromatic N) is 4. The fraction of sp³-hybridized carbons (Fsp3) is 0.318. The predicted molar refractivity (Wildman–Crippen MR) is 113 cm³/mol. The minimum absolute atomic E-state index is 0.126. The molecule has 0 aliphatic carbocycles. The molecule has 0 saturated carbocycles. The molecular weight excluding hydrogens is 405 g/mol. The van der Waals surface area contributed by atoms with Crippen LogP contribution in [-0.4, -0.2) is 44.9 Å². The van der Waals surface area contributed by atoms with Crippen LogP contribution < -0.4 is 5.32 Å². The van der Waals surface area contributed by atoms with Crippen LogP contribution in [0.2, 0.25) is 5.02 Å². The molecule has 1 N–H and O–H groups in total. The zero-order valence-electron chi connectivity index (χ0n) is 16.5. The zero-order valence-corrected chi connectivity index (χ0v) is 17.2. The largest absolute Gasteiger partial charge is 0.348 e. The lowest BCUT2D eigenvalue weighted by atomic mass is 10.0. The van der Waals surface area contributed by atoms with E-state index >= 15 is 0 Å². The molecule has 0 spiro atoms. The quantitative estimate of drug-likeness (QED) is 0.653. The minimum Gasteiger partial charge on any atom is -0.348 e. The van der Waals surface area contributed by atoms with Crippen LogP contribution in [0.3, 0.4) is 0 Å². The number of hydrogen-bond donors (Lipinski definition) is 1. The highest BCUT2D eigenvalue weighted by atomic mass is 35.5. The fourth-order valence-corrected chi connectivity index (χ4v) is 3.87. The molecule has 0 unspecified atom stereocenters. The van der Waals surface area contributed by atoms with Crippen LogP contribution in [0, 0.1) is 5.82 Å². The van der Waals surface area contributed by atoms with Gasteiger partial charge in [0, 0.05) is 30.7 Å². The van der Waals surface area contributed by atoms with Gasteiger partial charge in [0.2, 0.25) is 0 Å². The van der Waals surface area contributed by atoms with Crippen LogP contribution in [0.5, 0.6) is 0 Å². The molecule has 0 atom stereocenters. The summed E-state index contributed by atoms with van der Waals surface area (Å²) in [5.74, 6) is -0.620. The number of rotatable bonds is 6. The Labute approximate surface area is 179 Å². The molecule has 3 aromatic rings. The lowest BCUT2D eigenvalue weighted by molar-refractivity contribution is 0.0904. The molecule has 156 valence electrons. The van der Waals surface area contributed by atoms with Crippen molar-refractivity contribution < 1.29 is 9.18 Å². The molecule has 1 aliphatic rings. The Bertz CT molecular complexity index is 1000. The Hall–Kier alpha value is -2.77. The molecular formula is C22H23ClFN5O. The van der Waals surface area contributed by atoms with Gasteiger partial charge in [0.25, 0.3) is 5.91 Å². The number of nitrogens with one attached hydrogen (secondary N) is 1. The van der Waals surface area contributed by atoms with Crippen molar-refractivity contribution in [1.29, 1.82) is 0 Å². The summed E-state index contributed by atoms with van der Waals surface area (Å²) < 4.78 is 14.7. The van der Waals surface area contributed by atoms with Gasteiger partial charge in [0.15, 0.2) is 5.69 Å². The van der Waals surface area contributed by atoms with Crippen molar-refractivity contribution in [3.05, 3.63) is 82.4 Å². The molecule has 4 rings (SSSR count). The highest BCUT2D eigenvalue weighted by molar-refractivity contribution is 6.31. The van der Waals surface area contributed by atoms with Crippen LogP contribution in [0.4, 0.5) is 4.39 Å². The second-order valence-electron chi connectivity index (χ2n) is 7.55. The monoisotopic (exact) mass is 427 g/mol.